The summed E-state index contributed by atoms with van der Waals surface area (Å²) in [4.78, 5) is 0. The van der Waals surface area contributed by atoms with Gasteiger partial charge in [-0.15, -0.1) is 95.1 Å². The number of fused-ring (bicyclic) bond motifs is 2. The molecule has 0 aliphatic heterocycles. The average molecular weight is 452 g/mol. The Hall–Kier alpha value is -2.12. The Balaban J connectivity index is 0.000000302. The van der Waals surface area contributed by atoms with E-state index in [0.29, 0.717) is 0 Å². The quantitative estimate of drug-likeness (QED) is 0.206. The number of benzene rings is 3. The molecule has 0 aromatic heterocycles. The van der Waals surface area contributed by atoms with E-state index in [4.69, 9.17) is 0 Å². The summed E-state index contributed by atoms with van der Waals surface area (Å²) < 4.78 is 0. The SMILES string of the molecule is Cc1[cH-]c2ccccc2c1Pc1ccccc1.Cc1cc2ccccc2[cH-]1.[F-].[F-].[Ti+4]. The molecule has 150 valence electrons. The van der Waals surface area contributed by atoms with E-state index in [1.165, 1.54) is 43.3 Å². The molecule has 0 aliphatic rings. The fraction of sp³-hybridized carbons (Fsp3) is 0.0769. The molecule has 5 aromatic carbocycles. The van der Waals surface area contributed by atoms with Crippen molar-refractivity contribution < 1.29 is 31.1 Å². The Morgan fingerprint density at radius 3 is 1.97 bits per heavy atom. The van der Waals surface area contributed by atoms with Crippen molar-refractivity contribution in [3.8, 4) is 0 Å². The molecule has 4 heteroatoms. The van der Waals surface area contributed by atoms with Gasteiger partial charge in [-0.3, -0.25) is 0 Å². The van der Waals surface area contributed by atoms with Crippen LogP contribution in [0.25, 0.3) is 21.5 Å². The van der Waals surface area contributed by atoms with Crippen LogP contribution in [0.4, 0.5) is 0 Å². The van der Waals surface area contributed by atoms with Crippen molar-refractivity contribution in [1.82, 2.24) is 0 Å². The predicted octanol–water partition coefficient (Wildman–Crippen LogP) is 0.369. The Labute approximate surface area is 193 Å². The summed E-state index contributed by atoms with van der Waals surface area (Å²) in [5.74, 6) is 0. The molecule has 0 saturated carbocycles. The van der Waals surface area contributed by atoms with Crippen molar-refractivity contribution in [3.05, 3.63) is 108 Å². The minimum atomic E-state index is 0. The second-order valence-electron chi connectivity index (χ2n) is 6.94. The Bertz CT molecular complexity index is 1140. The first-order valence-electron chi connectivity index (χ1n) is 9.30. The Morgan fingerprint density at radius 2 is 1.27 bits per heavy atom. The van der Waals surface area contributed by atoms with Crippen LogP contribution in [-0.2, 0) is 21.7 Å². The van der Waals surface area contributed by atoms with Crippen LogP contribution >= 0.6 is 8.58 Å². The summed E-state index contributed by atoms with van der Waals surface area (Å²) in [6, 6.07) is 34.5. The van der Waals surface area contributed by atoms with Crippen LogP contribution in [-0.4, -0.2) is 0 Å². The minimum absolute atomic E-state index is 0. The smallest absolute Gasteiger partial charge is 1.00 e. The molecule has 1 atom stereocenters. The molecule has 0 aliphatic carbocycles. The van der Waals surface area contributed by atoms with Crippen LogP contribution in [0.5, 0.6) is 0 Å². The van der Waals surface area contributed by atoms with E-state index < -0.39 is 0 Å². The largest absolute Gasteiger partial charge is 4.00 e. The molecule has 0 radical (unpaired) electrons. The summed E-state index contributed by atoms with van der Waals surface area (Å²) in [5.41, 5.74) is 2.76. The molecular formula is C26H23F2PTi. The molecule has 30 heavy (non-hydrogen) atoms. The van der Waals surface area contributed by atoms with Crippen LogP contribution in [0.1, 0.15) is 11.1 Å². The van der Waals surface area contributed by atoms with E-state index >= 15 is 0 Å². The van der Waals surface area contributed by atoms with Gasteiger partial charge in [-0.25, -0.2) is 0 Å². The van der Waals surface area contributed by atoms with Crippen molar-refractivity contribution in [3.63, 3.8) is 0 Å². The molecule has 0 spiro atoms. The molecule has 1 unspecified atom stereocenters. The summed E-state index contributed by atoms with van der Waals surface area (Å²) in [6.07, 6.45) is 0. The molecule has 0 bridgehead atoms. The zero-order chi connectivity index (χ0) is 18.6. The molecule has 0 heterocycles. The van der Waals surface area contributed by atoms with Gasteiger partial charge < -0.3 is 9.41 Å². The second-order valence-corrected chi connectivity index (χ2v) is 8.27. The van der Waals surface area contributed by atoms with Crippen LogP contribution in [0.2, 0.25) is 0 Å². The van der Waals surface area contributed by atoms with E-state index in [1.54, 1.807) is 0 Å². The number of hydrogen-bond acceptors (Lipinski definition) is 0. The minimum Gasteiger partial charge on any atom is -1.00 e. The van der Waals surface area contributed by atoms with E-state index in [-0.39, 0.29) is 31.1 Å². The van der Waals surface area contributed by atoms with Gasteiger partial charge in [0, 0.05) is 0 Å². The monoisotopic (exact) mass is 452 g/mol. The van der Waals surface area contributed by atoms with Crippen LogP contribution < -0.4 is 20.0 Å². The van der Waals surface area contributed by atoms with Gasteiger partial charge in [0.25, 0.3) is 0 Å². The summed E-state index contributed by atoms with van der Waals surface area (Å²) in [7, 11) is 0.754. The van der Waals surface area contributed by atoms with Crippen LogP contribution in [0.3, 0.4) is 0 Å². The Kier molecular flexibility index (Phi) is 10.3. The first kappa shape index (κ1) is 25.9. The molecule has 0 N–H and O–H groups in total. The average Bonchev–Trinajstić information content (AvgIpc) is 3.22. The van der Waals surface area contributed by atoms with Gasteiger partial charge in [-0.05, 0) is 5.30 Å². The van der Waals surface area contributed by atoms with E-state index in [0.717, 1.165) is 8.58 Å². The van der Waals surface area contributed by atoms with Gasteiger partial charge in [0.1, 0.15) is 0 Å². The second kappa shape index (κ2) is 11.9. The maximum atomic E-state index is 2.29. The standard InChI is InChI=1S/C16H14P.C10H9.2FH.Ti/c1-12-11-13-7-5-6-10-15(13)16(12)17-14-8-3-2-4-9-14;1-8-6-9-4-2-3-5-10(9)7-8;;;/h2-11,17H,1H3;2-7H,1H3;2*1H;/q2*-1;;;+4/p-2. The van der Waals surface area contributed by atoms with Crippen molar-refractivity contribution in [2.24, 2.45) is 0 Å². The molecule has 0 saturated heterocycles. The first-order valence-corrected chi connectivity index (χ1v) is 10.3. The summed E-state index contributed by atoms with van der Waals surface area (Å²) >= 11 is 0. The fourth-order valence-corrected chi connectivity index (χ4v) is 4.79. The third kappa shape index (κ3) is 5.95. The molecule has 5 rings (SSSR count). The van der Waals surface area contributed by atoms with Gasteiger partial charge in [-0.2, -0.15) is 6.07 Å². The van der Waals surface area contributed by atoms with Gasteiger partial charge in [0.2, 0.25) is 0 Å². The van der Waals surface area contributed by atoms with E-state index in [2.05, 4.69) is 111 Å². The van der Waals surface area contributed by atoms with Crippen molar-refractivity contribution in [1.29, 1.82) is 0 Å². The zero-order valence-electron chi connectivity index (χ0n) is 17.0. The molecule has 0 fully saturated rings. The maximum absolute atomic E-state index is 2.29. The summed E-state index contributed by atoms with van der Waals surface area (Å²) in [6.45, 7) is 4.34. The zero-order valence-corrected chi connectivity index (χ0v) is 19.6. The van der Waals surface area contributed by atoms with Gasteiger partial charge in [0.05, 0.1) is 0 Å². The molecule has 0 amide bonds. The maximum Gasteiger partial charge on any atom is 4.00 e. The number of aryl methyl sites for hydroxylation is 2. The van der Waals surface area contributed by atoms with Crippen molar-refractivity contribution >= 4 is 40.7 Å². The van der Waals surface area contributed by atoms with Gasteiger partial charge in [-0.1, -0.05) is 56.3 Å². The van der Waals surface area contributed by atoms with Crippen LogP contribution in [0.15, 0.2) is 97.1 Å². The predicted molar refractivity (Wildman–Crippen MR) is 123 cm³/mol. The number of rotatable bonds is 2. The van der Waals surface area contributed by atoms with Gasteiger partial charge in [0.15, 0.2) is 0 Å². The summed E-state index contributed by atoms with van der Waals surface area (Å²) in [5, 5.41) is 8.37. The number of hydrogen-bond donors (Lipinski definition) is 0. The van der Waals surface area contributed by atoms with E-state index in [1.807, 2.05) is 0 Å². The molecule has 5 aromatic rings. The Morgan fingerprint density at radius 1 is 0.667 bits per heavy atom. The van der Waals surface area contributed by atoms with Crippen LogP contribution in [0, 0.1) is 13.8 Å². The normalized spacial score (nSPS) is 10.1. The molecule has 0 nitrogen and oxygen atoms in total. The third-order valence-corrected chi connectivity index (χ3v) is 6.34. The number of halogens is 2. The fourth-order valence-electron chi connectivity index (χ4n) is 3.51. The van der Waals surface area contributed by atoms with Crippen molar-refractivity contribution in [2.75, 3.05) is 0 Å². The molecular weight excluding hydrogens is 429 g/mol. The van der Waals surface area contributed by atoms with Crippen molar-refractivity contribution in [2.45, 2.75) is 13.8 Å². The van der Waals surface area contributed by atoms with Gasteiger partial charge >= 0.3 is 21.7 Å². The topological polar surface area (TPSA) is 0 Å². The first-order chi connectivity index (χ1) is 13.2. The third-order valence-electron chi connectivity index (χ3n) is 4.80. The van der Waals surface area contributed by atoms with E-state index in [9.17, 15) is 0 Å².